The molecule has 20 heavy (non-hydrogen) atoms. The molecule has 2 nitrogen and oxygen atoms in total. The van der Waals surface area contributed by atoms with Crippen LogP contribution in [-0.4, -0.2) is 25.0 Å². The van der Waals surface area contributed by atoms with Crippen LogP contribution in [0.1, 0.15) is 24.3 Å². The zero-order chi connectivity index (χ0) is 13.8. The van der Waals surface area contributed by atoms with E-state index < -0.39 is 0 Å². The van der Waals surface area contributed by atoms with Crippen LogP contribution in [0.5, 0.6) is 11.5 Å². The van der Waals surface area contributed by atoms with Crippen LogP contribution in [0.3, 0.4) is 0 Å². The second-order valence-electron chi connectivity index (χ2n) is 5.53. The molecule has 0 unspecified atom stereocenters. The molecule has 0 bridgehead atoms. The Kier molecular flexibility index (Phi) is 4.03. The number of hydrogen-bond donors (Lipinski definition) is 0. The molecule has 2 aromatic rings. The van der Waals surface area contributed by atoms with Crippen molar-refractivity contribution in [3.63, 3.8) is 0 Å². The molecule has 1 aliphatic heterocycles. The first-order chi connectivity index (χ1) is 9.83. The Labute approximate surface area is 121 Å². The number of benzene rings is 2. The Bertz CT molecular complexity index is 544. The average Bonchev–Trinajstić information content (AvgIpc) is 2.50. The lowest BCUT2D eigenvalue weighted by molar-refractivity contribution is 0.253. The molecule has 1 heterocycles. The van der Waals surface area contributed by atoms with Gasteiger partial charge in [0.25, 0.3) is 0 Å². The van der Waals surface area contributed by atoms with Crippen molar-refractivity contribution in [2.24, 2.45) is 0 Å². The van der Waals surface area contributed by atoms with Crippen molar-refractivity contribution >= 4 is 0 Å². The number of nitrogens with zero attached hydrogens (tertiary/aromatic N) is 1. The number of para-hydroxylation sites is 2. The maximum atomic E-state index is 6.08. The summed E-state index contributed by atoms with van der Waals surface area (Å²) < 4.78 is 6.08. The van der Waals surface area contributed by atoms with E-state index >= 15 is 0 Å². The van der Waals surface area contributed by atoms with E-state index in [1.165, 1.54) is 31.5 Å². The SMILES string of the molecule is CN1CCC(c2ccccc2Oc2ccccc2)CC1. The third-order valence-electron chi connectivity index (χ3n) is 4.05. The molecule has 0 atom stereocenters. The van der Waals surface area contributed by atoms with Gasteiger partial charge in [-0.2, -0.15) is 0 Å². The van der Waals surface area contributed by atoms with Crippen LogP contribution in [0.2, 0.25) is 0 Å². The molecule has 3 rings (SSSR count). The molecule has 0 saturated carbocycles. The van der Waals surface area contributed by atoms with Gasteiger partial charge in [0.1, 0.15) is 11.5 Å². The molecule has 1 aliphatic rings. The van der Waals surface area contributed by atoms with E-state index in [2.05, 4.69) is 36.2 Å². The minimum atomic E-state index is 0.617. The zero-order valence-electron chi connectivity index (χ0n) is 12.0. The molecule has 0 aromatic heterocycles. The number of rotatable bonds is 3. The summed E-state index contributed by atoms with van der Waals surface area (Å²) in [4.78, 5) is 2.40. The quantitative estimate of drug-likeness (QED) is 0.822. The molecule has 0 spiro atoms. The number of likely N-dealkylation sites (tertiary alicyclic amines) is 1. The summed E-state index contributed by atoms with van der Waals surface area (Å²) in [6.45, 7) is 2.34. The van der Waals surface area contributed by atoms with Crippen LogP contribution in [0.25, 0.3) is 0 Å². The molecule has 1 saturated heterocycles. The molecule has 0 amide bonds. The lowest BCUT2D eigenvalue weighted by atomic mass is 9.89. The van der Waals surface area contributed by atoms with E-state index in [9.17, 15) is 0 Å². The lowest BCUT2D eigenvalue weighted by Gasteiger charge is -2.30. The predicted molar refractivity (Wildman–Crippen MR) is 82.4 cm³/mol. The first-order valence-corrected chi connectivity index (χ1v) is 7.33. The van der Waals surface area contributed by atoms with Gasteiger partial charge in [-0.3, -0.25) is 0 Å². The van der Waals surface area contributed by atoms with Crippen LogP contribution >= 0.6 is 0 Å². The van der Waals surface area contributed by atoms with Gasteiger partial charge in [-0.15, -0.1) is 0 Å². The molecular formula is C18H21NO. The fourth-order valence-corrected chi connectivity index (χ4v) is 2.85. The second-order valence-corrected chi connectivity index (χ2v) is 5.53. The van der Waals surface area contributed by atoms with Gasteiger partial charge in [0.05, 0.1) is 0 Å². The fraction of sp³-hybridized carbons (Fsp3) is 0.333. The molecule has 0 N–H and O–H groups in total. The molecule has 2 aromatic carbocycles. The summed E-state index contributed by atoms with van der Waals surface area (Å²) in [5.74, 6) is 2.53. The van der Waals surface area contributed by atoms with Gasteiger partial charge in [0.2, 0.25) is 0 Å². The highest BCUT2D eigenvalue weighted by molar-refractivity contribution is 5.40. The topological polar surface area (TPSA) is 12.5 Å². The lowest BCUT2D eigenvalue weighted by Crippen LogP contribution is -2.29. The Hall–Kier alpha value is -1.80. The summed E-state index contributed by atoms with van der Waals surface area (Å²) in [6.07, 6.45) is 2.43. The zero-order valence-corrected chi connectivity index (χ0v) is 12.0. The molecule has 1 fully saturated rings. The minimum Gasteiger partial charge on any atom is -0.457 e. The van der Waals surface area contributed by atoms with Crippen molar-refractivity contribution in [3.05, 3.63) is 60.2 Å². The van der Waals surface area contributed by atoms with Crippen molar-refractivity contribution in [3.8, 4) is 11.5 Å². The van der Waals surface area contributed by atoms with Gasteiger partial charge in [-0.1, -0.05) is 36.4 Å². The first-order valence-electron chi connectivity index (χ1n) is 7.33. The number of piperidine rings is 1. The average molecular weight is 267 g/mol. The second kappa shape index (κ2) is 6.10. The summed E-state index contributed by atoms with van der Waals surface area (Å²) in [6, 6.07) is 18.5. The van der Waals surface area contributed by atoms with Crippen molar-refractivity contribution in [2.45, 2.75) is 18.8 Å². The highest BCUT2D eigenvalue weighted by atomic mass is 16.5. The predicted octanol–water partition coefficient (Wildman–Crippen LogP) is 4.29. The summed E-state index contributed by atoms with van der Waals surface area (Å²) >= 11 is 0. The fourth-order valence-electron chi connectivity index (χ4n) is 2.85. The standard InChI is InChI=1S/C18H21NO/c1-19-13-11-15(12-14-19)17-9-5-6-10-18(17)20-16-7-3-2-4-8-16/h2-10,15H,11-14H2,1H3. The largest absolute Gasteiger partial charge is 0.457 e. The number of hydrogen-bond acceptors (Lipinski definition) is 2. The van der Waals surface area contributed by atoms with Crippen LogP contribution < -0.4 is 4.74 Å². The van der Waals surface area contributed by atoms with Gasteiger partial charge in [-0.05, 0) is 62.7 Å². The van der Waals surface area contributed by atoms with E-state index in [4.69, 9.17) is 4.74 Å². The molecule has 0 aliphatic carbocycles. The molecular weight excluding hydrogens is 246 g/mol. The van der Waals surface area contributed by atoms with Gasteiger partial charge in [0, 0.05) is 0 Å². The Morgan fingerprint density at radius 1 is 0.900 bits per heavy atom. The maximum Gasteiger partial charge on any atom is 0.130 e. The Balaban J connectivity index is 1.81. The monoisotopic (exact) mass is 267 g/mol. The van der Waals surface area contributed by atoms with Gasteiger partial charge < -0.3 is 9.64 Å². The van der Waals surface area contributed by atoms with Crippen molar-refractivity contribution in [2.75, 3.05) is 20.1 Å². The highest BCUT2D eigenvalue weighted by Crippen LogP contribution is 2.35. The molecule has 2 heteroatoms. The van der Waals surface area contributed by atoms with Crippen molar-refractivity contribution in [1.82, 2.24) is 4.90 Å². The van der Waals surface area contributed by atoms with E-state index in [1.54, 1.807) is 0 Å². The highest BCUT2D eigenvalue weighted by Gasteiger charge is 2.21. The normalized spacial score (nSPS) is 17.1. The Morgan fingerprint density at radius 2 is 1.55 bits per heavy atom. The summed E-state index contributed by atoms with van der Waals surface area (Å²) in [7, 11) is 2.20. The van der Waals surface area contributed by atoms with E-state index in [1.807, 2.05) is 30.3 Å². The smallest absolute Gasteiger partial charge is 0.130 e. The van der Waals surface area contributed by atoms with Gasteiger partial charge in [0.15, 0.2) is 0 Å². The van der Waals surface area contributed by atoms with Crippen LogP contribution in [0, 0.1) is 0 Å². The molecule has 0 radical (unpaired) electrons. The maximum absolute atomic E-state index is 6.08. The van der Waals surface area contributed by atoms with E-state index in [-0.39, 0.29) is 0 Å². The van der Waals surface area contributed by atoms with E-state index in [0.717, 1.165) is 11.5 Å². The van der Waals surface area contributed by atoms with E-state index in [0.29, 0.717) is 5.92 Å². The van der Waals surface area contributed by atoms with Crippen LogP contribution in [0.4, 0.5) is 0 Å². The first kappa shape index (κ1) is 13.2. The van der Waals surface area contributed by atoms with Crippen molar-refractivity contribution in [1.29, 1.82) is 0 Å². The van der Waals surface area contributed by atoms with Gasteiger partial charge in [-0.25, -0.2) is 0 Å². The molecule has 104 valence electrons. The third-order valence-corrected chi connectivity index (χ3v) is 4.05. The van der Waals surface area contributed by atoms with Crippen molar-refractivity contribution < 1.29 is 4.74 Å². The minimum absolute atomic E-state index is 0.617. The Morgan fingerprint density at radius 3 is 2.30 bits per heavy atom. The van der Waals surface area contributed by atoms with Crippen LogP contribution in [-0.2, 0) is 0 Å². The third kappa shape index (κ3) is 3.02. The van der Waals surface area contributed by atoms with Crippen LogP contribution in [0.15, 0.2) is 54.6 Å². The summed E-state index contributed by atoms with van der Waals surface area (Å²) in [5.41, 5.74) is 1.35. The summed E-state index contributed by atoms with van der Waals surface area (Å²) in [5, 5.41) is 0. The van der Waals surface area contributed by atoms with Gasteiger partial charge >= 0.3 is 0 Å². The number of ether oxygens (including phenoxy) is 1.